The third-order valence-corrected chi connectivity index (χ3v) is 4.72. The molecule has 23 heavy (non-hydrogen) atoms. The SMILES string of the molecule is CNC1CCN(C(=O)c2cnn(-c3cccc(Cl)c3)c2C)CC1. The summed E-state index contributed by atoms with van der Waals surface area (Å²) in [7, 11) is 1.97. The summed E-state index contributed by atoms with van der Waals surface area (Å²) in [6.07, 6.45) is 3.64. The fourth-order valence-corrected chi connectivity index (χ4v) is 3.21. The molecule has 1 saturated heterocycles. The third kappa shape index (κ3) is 3.26. The quantitative estimate of drug-likeness (QED) is 0.940. The van der Waals surface area contributed by atoms with Crippen LogP contribution >= 0.6 is 11.6 Å². The Hall–Kier alpha value is -1.85. The molecule has 1 amide bonds. The highest BCUT2D eigenvalue weighted by atomic mass is 35.5. The highest BCUT2D eigenvalue weighted by molar-refractivity contribution is 6.30. The lowest BCUT2D eigenvalue weighted by Gasteiger charge is -2.31. The van der Waals surface area contributed by atoms with Crippen molar-refractivity contribution in [2.45, 2.75) is 25.8 Å². The van der Waals surface area contributed by atoms with E-state index in [0.717, 1.165) is 37.3 Å². The summed E-state index contributed by atoms with van der Waals surface area (Å²) in [5, 5.41) is 8.30. The van der Waals surface area contributed by atoms with E-state index in [0.29, 0.717) is 16.6 Å². The molecule has 0 aliphatic carbocycles. The predicted octanol–water partition coefficient (Wildman–Crippen LogP) is 2.66. The molecule has 1 N–H and O–H groups in total. The topological polar surface area (TPSA) is 50.2 Å². The first kappa shape index (κ1) is 16.0. The number of hydrogen-bond acceptors (Lipinski definition) is 3. The Morgan fingerprint density at radius 1 is 1.35 bits per heavy atom. The van der Waals surface area contributed by atoms with E-state index in [1.54, 1.807) is 10.9 Å². The minimum atomic E-state index is 0.0605. The lowest BCUT2D eigenvalue weighted by atomic mass is 10.0. The molecule has 1 aromatic heterocycles. The second-order valence-corrected chi connectivity index (χ2v) is 6.33. The van der Waals surface area contributed by atoms with E-state index in [-0.39, 0.29) is 5.91 Å². The van der Waals surface area contributed by atoms with Crippen LogP contribution in [-0.2, 0) is 0 Å². The van der Waals surface area contributed by atoms with Crippen LogP contribution in [0.3, 0.4) is 0 Å². The largest absolute Gasteiger partial charge is 0.338 e. The van der Waals surface area contributed by atoms with Crippen LogP contribution in [0.5, 0.6) is 0 Å². The number of piperidine rings is 1. The van der Waals surface area contributed by atoms with Gasteiger partial charge in [-0.3, -0.25) is 4.79 Å². The predicted molar refractivity (Wildman–Crippen MR) is 91.3 cm³/mol. The molecule has 0 spiro atoms. The van der Waals surface area contributed by atoms with Crippen LogP contribution in [0.15, 0.2) is 30.5 Å². The molecule has 1 aliphatic rings. The van der Waals surface area contributed by atoms with Crippen LogP contribution in [0.25, 0.3) is 5.69 Å². The van der Waals surface area contributed by atoms with Gasteiger partial charge in [-0.15, -0.1) is 0 Å². The first-order chi connectivity index (χ1) is 11.1. The number of carbonyl (C=O) groups is 1. The Kier molecular flexibility index (Phi) is 4.68. The minimum Gasteiger partial charge on any atom is -0.338 e. The van der Waals surface area contributed by atoms with Gasteiger partial charge < -0.3 is 10.2 Å². The minimum absolute atomic E-state index is 0.0605. The summed E-state index contributed by atoms with van der Waals surface area (Å²) in [6, 6.07) is 7.98. The molecule has 1 aromatic carbocycles. The molecular formula is C17H21ClN4O. The Bertz CT molecular complexity index is 704. The highest BCUT2D eigenvalue weighted by Crippen LogP contribution is 2.20. The zero-order chi connectivity index (χ0) is 16.4. The van der Waals surface area contributed by atoms with E-state index in [9.17, 15) is 4.79 Å². The standard InChI is InChI=1S/C17H21ClN4O/c1-12-16(17(23)21-8-6-14(19-2)7-9-21)11-20-22(12)15-5-3-4-13(18)10-15/h3-5,10-11,14,19H,6-9H2,1-2H3. The Balaban J connectivity index is 1.80. The summed E-state index contributed by atoms with van der Waals surface area (Å²) >= 11 is 6.04. The summed E-state index contributed by atoms with van der Waals surface area (Å²) in [6.45, 7) is 3.49. The van der Waals surface area contributed by atoms with Crippen LogP contribution < -0.4 is 5.32 Å². The van der Waals surface area contributed by atoms with Crippen LogP contribution in [0.2, 0.25) is 5.02 Å². The fourth-order valence-electron chi connectivity index (χ4n) is 3.03. The van der Waals surface area contributed by atoms with E-state index in [1.807, 2.05) is 43.1 Å². The van der Waals surface area contributed by atoms with Crippen molar-refractivity contribution in [3.05, 3.63) is 46.7 Å². The van der Waals surface area contributed by atoms with Gasteiger partial charge in [-0.2, -0.15) is 5.10 Å². The van der Waals surface area contributed by atoms with Crippen LogP contribution in [0.4, 0.5) is 0 Å². The molecule has 122 valence electrons. The lowest BCUT2D eigenvalue weighted by molar-refractivity contribution is 0.0706. The van der Waals surface area contributed by atoms with Crippen molar-refractivity contribution < 1.29 is 4.79 Å². The summed E-state index contributed by atoms with van der Waals surface area (Å²) < 4.78 is 1.76. The Morgan fingerprint density at radius 2 is 2.09 bits per heavy atom. The van der Waals surface area contributed by atoms with E-state index in [4.69, 9.17) is 11.6 Å². The molecule has 2 heterocycles. The number of hydrogen-bond donors (Lipinski definition) is 1. The van der Waals surface area contributed by atoms with Gasteiger partial charge in [0.1, 0.15) is 0 Å². The van der Waals surface area contributed by atoms with Gasteiger partial charge in [0.05, 0.1) is 23.1 Å². The molecular weight excluding hydrogens is 312 g/mol. The normalized spacial score (nSPS) is 15.9. The number of likely N-dealkylation sites (tertiary alicyclic amines) is 1. The maximum absolute atomic E-state index is 12.8. The highest BCUT2D eigenvalue weighted by Gasteiger charge is 2.25. The van der Waals surface area contributed by atoms with Crippen molar-refractivity contribution in [2.24, 2.45) is 0 Å². The molecule has 0 atom stereocenters. The number of carbonyl (C=O) groups excluding carboxylic acids is 1. The third-order valence-electron chi connectivity index (χ3n) is 4.48. The van der Waals surface area contributed by atoms with Gasteiger partial charge in [-0.1, -0.05) is 17.7 Å². The zero-order valence-electron chi connectivity index (χ0n) is 13.4. The molecule has 2 aromatic rings. The van der Waals surface area contributed by atoms with Gasteiger partial charge in [0.25, 0.3) is 5.91 Å². The number of rotatable bonds is 3. The Labute approximate surface area is 141 Å². The summed E-state index contributed by atoms with van der Waals surface area (Å²) in [4.78, 5) is 14.7. The number of amides is 1. The van der Waals surface area contributed by atoms with Gasteiger partial charge in [-0.25, -0.2) is 4.68 Å². The second kappa shape index (κ2) is 6.72. The number of nitrogens with one attached hydrogen (secondary N) is 1. The lowest BCUT2D eigenvalue weighted by Crippen LogP contribution is -2.44. The van der Waals surface area contributed by atoms with Crippen molar-refractivity contribution in [3.63, 3.8) is 0 Å². The zero-order valence-corrected chi connectivity index (χ0v) is 14.2. The van der Waals surface area contributed by atoms with Gasteiger partial charge in [0, 0.05) is 24.2 Å². The van der Waals surface area contributed by atoms with Gasteiger partial charge in [0.2, 0.25) is 0 Å². The van der Waals surface area contributed by atoms with Crippen molar-refractivity contribution in [2.75, 3.05) is 20.1 Å². The number of nitrogens with zero attached hydrogens (tertiary/aromatic N) is 3. The molecule has 5 nitrogen and oxygen atoms in total. The average Bonchev–Trinajstić information content (AvgIpc) is 2.96. The second-order valence-electron chi connectivity index (χ2n) is 5.89. The maximum atomic E-state index is 12.8. The van der Waals surface area contributed by atoms with Crippen molar-refractivity contribution in [3.8, 4) is 5.69 Å². The summed E-state index contributed by atoms with van der Waals surface area (Å²) in [5.74, 6) is 0.0605. The van der Waals surface area contributed by atoms with Crippen molar-refractivity contribution in [1.82, 2.24) is 20.0 Å². The molecule has 6 heteroatoms. The van der Waals surface area contributed by atoms with Gasteiger partial charge >= 0.3 is 0 Å². The monoisotopic (exact) mass is 332 g/mol. The molecule has 0 unspecified atom stereocenters. The number of halogens is 1. The van der Waals surface area contributed by atoms with E-state index < -0.39 is 0 Å². The first-order valence-corrected chi connectivity index (χ1v) is 8.25. The molecule has 1 fully saturated rings. The van der Waals surface area contributed by atoms with Crippen molar-refractivity contribution >= 4 is 17.5 Å². The van der Waals surface area contributed by atoms with Crippen molar-refractivity contribution in [1.29, 1.82) is 0 Å². The maximum Gasteiger partial charge on any atom is 0.257 e. The van der Waals surface area contributed by atoms with E-state index in [1.165, 1.54) is 0 Å². The van der Waals surface area contributed by atoms with Crippen LogP contribution in [-0.4, -0.2) is 46.8 Å². The molecule has 0 bridgehead atoms. The van der Waals surface area contributed by atoms with Gasteiger partial charge in [0.15, 0.2) is 0 Å². The van der Waals surface area contributed by atoms with E-state index in [2.05, 4.69) is 10.4 Å². The summed E-state index contributed by atoms with van der Waals surface area (Å²) in [5.41, 5.74) is 2.36. The molecule has 0 radical (unpaired) electrons. The molecule has 1 aliphatic heterocycles. The molecule has 0 saturated carbocycles. The number of benzene rings is 1. The molecule has 3 rings (SSSR count). The average molecular weight is 333 g/mol. The Morgan fingerprint density at radius 3 is 2.74 bits per heavy atom. The van der Waals surface area contributed by atoms with Gasteiger partial charge in [-0.05, 0) is 45.0 Å². The van der Waals surface area contributed by atoms with Crippen LogP contribution in [0.1, 0.15) is 28.9 Å². The van der Waals surface area contributed by atoms with Crippen LogP contribution in [0, 0.1) is 6.92 Å². The smallest absolute Gasteiger partial charge is 0.257 e. The number of aromatic nitrogens is 2. The first-order valence-electron chi connectivity index (χ1n) is 7.87. The van der Waals surface area contributed by atoms with E-state index >= 15 is 0 Å². The fraction of sp³-hybridized carbons (Fsp3) is 0.412.